The number of rotatable bonds is 5. The lowest BCUT2D eigenvalue weighted by Gasteiger charge is -2.39. The summed E-state index contributed by atoms with van der Waals surface area (Å²) in [4.78, 5) is 22.2. The molecule has 3 aromatic heterocycles. The fourth-order valence-corrected chi connectivity index (χ4v) is 3.37. The van der Waals surface area contributed by atoms with Gasteiger partial charge in [0.1, 0.15) is 5.92 Å². The highest BCUT2D eigenvalue weighted by molar-refractivity contribution is 5.83. The third kappa shape index (κ3) is 3.32. The molecule has 0 aromatic carbocycles. The van der Waals surface area contributed by atoms with E-state index in [-0.39, 0.29) is 12.5 Å². The molecular formula is C18H18F2N8O. The lowest BCUT2D eigenvalue weighted by atomic mass is 10.1. The minimum atomic E-state index is -2.82. The van der Waals surface area contributed by atoms with Crippen molar-refractivity contribution in [1.82, 2.24) is 34.4 Å². The summed E-state index contributed by atoms with van der Waals surface area (Å²) in [6, 6.07) is 1.76. The molecule has 0 bridgehead atoms. The summed E-state index contributed by atoms with van der Waals surface area (Å²) < 4.78 is 29.6. The zero-order valence-electron chi connectivity index (χ0n) is 15.5. The first-order chi connectivity index (χ1) is 13.9. The number of amides is 1. The van der Waals surface area contributed by atoms with Crippen LogP contribution in [0.4, 0.5) is 20.4 Å². The molecule has 1 amide bonds. The quantitative estimate of drug-likeness (QED) is 0.703. The molecule has 5 rings (SSSR count). The van der Waals surface area contributed by atoms with Gasteiger partial charge in [-0.15, -0.1) is 0 Å². The summed E-state index contributed by atoms with van der Waals surface area (Å²) in [5.74, 6) is -3.98. The second-order valence-electron chi connectivity index (χ2n) is 7.42. The second-order valence-corrected chi connectivity index (χ2v) is 7.42. The topological polar surface area (TPSA) is 93.8 Å². The van der Waals surface area contributed by atoms with Crippen LogP contribution in [0.5, 0.6) is 0 Å². The maximum absolute atomic E-state index is 13.1. The van der Waals surface area contributed by atoms with Crippen LogP contribution >= 0.6 is 0 Å². The fourth-order valence-electron chi connectivity index (χ4n) is 3.37. The van der Waals surface area contributed by atoms with Crippen molar-refractivity contribution in [2.24, 2.45) is 13.0 Å². The molecule has 1 saturated heterocycles. The van der Waals surface area contributed by atoms with Crippen molar-refractivity contribution >= 4 is 17.5 Å². The number of hydrogen-bond donors (Lipinski definition) is 1. The SMILES string of the molecule is Cn1cc(Nc2nccc(-c3cnn(C4CN(C(=O)C5CC5(F)F)C4)c3)n2)cn1. The Hall–Kier alpha value is -3.37. The molecule has 1 unspecified atom stereocenters. The smallest absolute Gasteiger partial charge is 0.260 e. The van der Waals surface area contributed by atoms with Gasteiger partial charge in [-0.3, -0.25) is 14.2 Å². The Labute approximate surface area is 164 Å². The largest absolute Gasteiger partial charge is 0.338 e. The molecule has 2 aliphatic rings. The fraction of sp³-hybridized carbons (Fsp3) is 0.389. The summed E-state index contributed by atoms with van der Waals surface area (Å²) >= 11 is 0. The van der Waals surface area contributed by atoms with Crippen molar-refractivity contribution in [1.29, 1.82) is 0 Å². The minimum Gasteiger partial charge on any atom is -0.338 e. The van der Waals surface area contributed by atoms with Gasteiger partial charge in [0, 0.05) is 50.7 Å². The number of aryl methyl sites for hydroxylation is 1. The van der Waals surface area contributed by atoms with E-state index in [9.17, 15) is 13.6 Å². The highest BCUT2D eigenvalue weighted by Gasteiger charge is 2.63. The van der Waals surface area contributed by atoms with Gasteiger partial charge in [0.2, 0.25) is 11.9 Å². The predicted molar refractivity (Wildman–Crippen MR) is 98.4 cm³/mol. The number of likely N-dealkylation sites (tertiary alicyclic amines) is 1. The Morgan fingerprint density at radius 2 is 2.03 bits per heavy atom. The van der Waals surface area contributed by atoms with E-state index in [1.54, 1.807) is 34.0 Å². The average Bonchev–Trinajstić information content (AvgIpc) is 3.01. The molecule has 0 radical (unpaired) electrons. The van der Waals surface area contributed by atoms with Crippen LogP contribution in [0.15, 0.2) is 37.1 Å². The van der Waals surface area contributed by atoms with Crippen LogP contribution in [-0.4, -0.2) is 59.3 Å². The van der Waals surface area contributed by atoms with Gasteiger partial charge in [-0.2, -0.15) is 10.2 Å². The van der Waals surface area contributed by atoms with Crippen LogP contribution < -0.4 is 5.32 Å². The van der Waals surface area contributed by atoms with E-state index in [2.05, 4.69) is 25.5 Å². The molecule has 4 heterocycles. The second kappa shape index (κ2) is 6.33. The van der Waals surface area contributed by atoms with E-state index in [0.29, 0.717) is 24.7 Å². The van der Waals surface area contributed by atoms with Crippen LogP contribution in [0.1, 0.15) is 12.5 Å². The zero-order chi connectivity index (χ0) is 20.2. The third-order valence-corrected chi connectivity index (χ3v) is 5.19. The van der Waals surface area contributed by atoms with E-state index in [4.69, 9.17) is 0 Å². The molecule has 9 nitrogen and oxygen atoms in total. The van der Waals surface area contributed by atoms with Crippen molar-refractivity contribution in [2.45, 2.75) is 18.4 Å². The standard InChI is InChI=1S/C18H18F2N8O/c1-26-8-12(6-22-26)24-17-21-3-2-15(25-17)11-5-23-28(7-11)13-9-27(10-13)16(29)14-4-18(14,19)20/h2-3,5-8,13-14H,4,9-10H2,1H3,(H,21,24,25). The Morgan fingerprint density at radius 3 is 2.72 bits per heavy atom. The van der Waals surface area contributed by atoms with Crippen LogP contribution in [0.3, 0.4) is 0 Å². The van der Waals surface area contributed by atoms with Crippen molar-refractivity contribution in [3.8, 4) is 11.3 Å². The van der Waals surface area contributed by atoms with Crippen LogP contribution in [0, 0.1) is 5.92 Å². The van der Waals surface area contributed by atoms with Gasteiger partial charge in [0.25, 0.3) is 5.92 Å². The van der Waals surface area contributed by atoms with E-state index in [0.717, 1.165) is 11.3 Å². The number of aromatic nitrogens is 6. The van der Waals surface area contributed by atoms with Gasteiger partial charge >= 0.3 is 0 Å². The number of nitrogens with one attached hydrogen (secondary N) is 1. The minimum absolute atomic E-state index is 0.0186. The summed E-state index contributed by atoms with van der Waals surface area (Å²) in [5, 5.41) is 11.5. The molecule has 1 atom stereocenters. The third-order valence-electron chi connectivity index (χ3n) is 5.19. The molecule has 1 N–H and O–H groups in total. The van der Waals surface area contributed by atoms with Gasteiger partial charge in [-0.25, -0.2) is 18.7 Å². The van der Waals surface area contributed by atoms with E-state index >= 15 is 0 Å². The molecule has 1 aliphatic heterocycles. The zero-order valence-corrected chi connectivity index (χ0v) is 15.5. The average molecular weight is 400 g/mol. The number of halogens is 2. The lowest BCUT2D eigenvalue weighted by Crippen LogP contribution is -2.51. The summed E-state index contributed by atoms with van der Waals surface area (Å²) in [5.41, 5.74) is 2.28. The molecule has 1 aliphatic carbocycles. The molecule has 3 aromatic rings. The number of anilines is 2. The Balaban J connectivity index is 1.24. The van der Waals surface area contributed by atoms with Gasteiger partial charge < -0.3 is 10.2 Å². The maximum Gasteiger partial charge on any atom is 0.260 e. The molecule has 2 fully saturated rings. The number of alkyl halides is 2. The molecular weight excluding hydrogens is 382 g/mol. The number of carbonyl (C=O) groups excluding carboxylic acids is 1. The predicted octanol–water partition coefficient (Wildman–Crippen LogP) is 1.86. The van der Waals surface area contributed by atoms with Crippen molar-refractivity contribution in [3.05, 3.63) is 37.1 Å². The van der Waals surface area contributed by atoms with Crippen molar-refractivity contribution < 1.29 is 13.6 Å². The van der Waals surface area contributed by atoms with Gasteiger partial charge in [-0.05, 0) is 6.07 Å². The molecule has 29 heavy (non-hydrogen) atoms. The van der Waals surface area contributed by atoms with Gasteiger partial charge in [-0.1, -0.05) is 0 Å². The highest BCUT2D eigenvalue weighted by Crippen LogP contribution is 2.50. The lowest BCUT2D eigenvalue weighted by molar-refractivity contribution is -0.140. The first-order valence-corrected chi connectivity index (χ1v) is 9.19. The Bertz CT molecular complexity index is 1070. The van der Waals surface area contributed by atoms with Crippen LogP contribution in [0.25, 0.3) is 11.3 Å². The van der Waals surface area contributed by atoms with Crippen LogP contribution in [0.2, 0.25) is 0 Å². The van der Waals surface area contributed by atoms with E-state index < -0.39 is 17.7 Å². The monoisotopic (exact) mass is 400 g/mol. The Morgan fingerprint density at radius 1 is 1.24 bits per heavy atom. The Kier molecular flexibility index (Phi) is 3.86. The highest BCUT2D eigenvalue weighted by atomic mass is 19.3. The summed E-state index contributed by atoms with van der Waals surface area (Å²) in [6.07, 6.45) is 8.34. The molecule has 1 saturated carbocycles. The number of nitrogens with zero attached hydrogens (tertiary/aromatic N) is 7. The van der Waals surface area contributed by atoms with E-state index in [1.165, 1.54) is 4.90 Å². The van der Waals surface area contributed by atoms with Gasteiger partial charge in [0.05, 0.1) is 29.8 Å². The summed E-state index contributed by atoms with van der Waals surface area (Å²) in [7, 11) is 1.82. The maximum atomic E-state index is 13.1. The van der Waals surface area contributed by atoms with Crippen molar-refractivity contribution in [2.75, 3.05) is 18.4 Å². The first kappa shape index (κ1) is 17.7. The normalized spacial score (nSPS) is 20.4. The van der Waals surface area contributed by atoms with Crippen molar-refractivity contribution in [3.63, 3.8) is 0 Å². The first-order valence-electron chi connectivity index (χ1n) is 9.19. The number of hydrogen-bond acceptors (Lipinski definition) is 6. The van der Waals surface area contributed by atoms with Gasteiger partial charge in [0.15, 0.2) is 0 Å². The number of carbonyl (C=O) groups is 1. The van der Waals surface area contributed by atoms with E-state index in [1.807, 2.05) is 19.4 Å². The molecule has 11 heteroatoms. The molecule has 0 spiro atoms. The molecule has 150 valence electrons. The summed E-state index contributed by atoms with van der Waals surface area (Å²) in [6.45, 7) is 0.786. The van der Waals surface area contributed by atoms with Crippen LogP contribution in [-0.2, 0) is 11.8 Å².